The first kappa shape index (κ1) is 30.5. The van der Waals surface area contributed by atoms with E-state index in [2.05, 4.69) is 0 Å². The third kappa shape index (κ3) is 16.1. The van der Waals surface area contributed by atoms with Gasteiger partial charge in [-0.05, 0) is 0 Å². The predicted octanol–water partition coefficient (Wildman–Crippen LogP) is -7.31. The van der Waals surface area contributed by atoms with Crippen LogP contribution in [-0.4, -0.2) is 97.1 Å². The Morgan fingerprint density at radius 2 is 0.500 bits per heavy atom. The molecule has 192 valence electrons. The van der Waals surface area contributed by atoms with Gasteiger partial charge in [-0.25, -0.2) is 0 Å². The molecule has 16 nitrogen and oxygen atoms in total. The summed E-state index contributed by atoms with van der Waals surface area (Å²) in [6.45, 7) is -1.58. The Labute approximate surface area is 185 Å². The van der Waals surface area contributed by atoms with Gasteiger partial charge in [-0.2, -0.15) is 0 Å². The fraction of sp³-hybridized carbons (Fsp3) is 1.00. The van der Waals surface area contributed by atoms with Crippen molar-refractivity contribution in [2.45, 2.75) is 0 Å². The molecule has 0 bridgehead atoms. The van der Waals surface area contributed by atoms with Gasteiger partial charge in [0.15, 0.2) is 0 Å². The average molecular weight is 540 g/mol. The van der Waals surface area contributed by atoms with Crippen LogP contribution < -0.4 is 39.1 Å². The van der Waals surface area contributed by atoms with Crippen molar-refractivity contribution in [2.24, 2.45) is 0 Å². The standard InChI is InChI=1S/C12H32N4O12P4/c17-29(18,19)9-13-1-2-14(10-30(20,21)22)5-6-16(12-32(26,27)28)8-7-15(4-3-13)11-31(23,24)25/h1-12H2,(H2,17,18,19)(H2,20,21,22)(H2,23,24,25)(H2,26,27,28)/p-8. The molecule has 0 spiro atoms. The van der Waals surface area contributed by atoms with Crippen molar-refractivity contribution in [1.82, 2.24) is 19.6 Å². The Balaban J connectivity index is 3.10. The van der Waals surface area contributed by atoms with Crippen molar-refractivity contribution in [2.75, 3.05) is 77.5 Å². The number of hydrogen-bond acceptors (Lipinski definition) is 16. The Morgan fingerprint density at radius 1 is 0.375 bits per heavy atom. The van der Waals surface area contributed by atoms with Gasteiger partial charge in [0.05, 0.1) is 0 Å². The monoisotopic (exact) mass is 540 g/mol. The highest BCUT2D eigenvalue weighted by atomic mass is 31.2. The second kappa shape index (κ2) is 12.4. The summed E-state index contributed by atoms with van der Waals surface area (Å²) in [5.74, 6) is 0. The first-order chi connectivity index (χ1) is 14.3. The largest absolute Gasteiger partial charge is 0.810 e. The topological polar surface area (TPSA) is 266 Å². The van der Waals surface area contributed by atoms with Crippen LogP contribution >= 0.6 is 30.4 Å². The lowest BCUT2D eigenvalue weighted by Crippen LogP contribution is -2.48. The molecule has 1 rings (SSSR count). The van der Waals surface area contributed by atoms with Crippen LogP contribution in [0, 0.1) is 0 Å². The summed E-state index contributed by atoms with van der Waals surface area (Å²) in [5, 5.41) is 0. The van der Waals surface area contributed by atoms with Gasteiger partial charge in [-0.1, -0.05) is 30.4 Å². The maximum absolute atomic E-state index is 11.2. The zero-order valence-corrected chi connectivity index (χ0v) is 20.5. The minimum absolute atomic E-state index is 0.198. The van der Waals surface area contributed by atoms with E-state index < -0.39 is 55.5 Å². The van der Waals surface area contributed by atoms with Gasteiger partial charge in [0.1, 0.15) is 0 Å². The second-order valence-electron chi connectivity index (χ2n) is 7.48. The zero-order chi connectivity index (χ0) is 24.8. The third-order valence-corrected chi connectivity index (χ3v) is 7.41. The summed E-state index contributed by atoms with van der Waals surface area (Å²) >= 11 is 0. The van der Waals surface area contributed by atoms with Crippen LogP contribution in [-0.2, 0) is 18.3 Å². The van der Waals surface area contributed by atoms with Crippen LogP contribution in [0.25, 0.3) is 0 Å². The van der Waals surface area contributed by atoms with Crippen molar-refractivity contribution in [3.8, 4) is 0 Å². The van der Waals surface area contributed by atoms with Crippen LogP contribution in [0.2, 0.25) is 0 Å². The highest BCUT2D eigenvalue weighted by Gasteiger charge is 2.18. The molecule has 0 atom stereocenters. The van der Waals surface area contributed by atoms with Crippen molar-refractivity contribution < 1.29 is 57.4 Å². The van der Waals surface area contributed by atoms with E-state index in [0.29, 0.717) is 0 Å². The van der Waals surface area contributed by atoms with Crippen LogP contribution in [0.3, 0.4) is 0 Å². The first-order valence-corrected chi connectivity index (χ1v) is 16.2. The first-order valence-electron chi connectivity index (χ1n) is 9.25. The molecule has 1 saturated heterocycles. The predicted molar refractivity (Wildman–Crippen MR) is 96.2 cm³/mol. The average Bonchev–Trinajstić information content (AvgIpc) is 2.52. The maximum Gasteiger partial charge on any atom is 0.0261 e. The van der Waals surface area contributed by atoms with Crippen molar-refractivity contribution >= 4 is 30.4 Å². The smallest absolute Gasteiger partial charge is 0.0261 e. The fourth-order valence-corrected chi connectivity index (χ4v) is 6.22. The molecule has 0 N–H and O–H groups in total. The highest BCUT2D eigenvalue weighted by molar-refractivity contribution is 7.49. The lowest BCUT2D eigenvalue weighted by atomic mass is 10.4. The molecule has 1 heterocycles. The van der Waals surface area contributed by atoms with Crippen molar-refractivity contribution in [3.63, 3.8) is 0 Å². The van der Waals surface area contributed by atoms with Gasteiger partial charge < -0.3 is 57.4 Å². The van der Waals surface area contributed by atoms with E-state index in [9.17, 15) is 57.4 Å². The summed E-state index contributed by atoms with van der Waals surface area (Å²) < 4.78 is 44.8. The van der Waals surface area contributed by atoms with Gasteiger partial charge >= 0.3 is 0 Å². The highest BCUT2D eigenvalue weighted by Crippen LogP contribution is 2.28. The summed E-state index contributed by atoms with van der Waals surface area (Å²) in [7, 11) is -20.2. The van der Waals surface area contributed by atoms with E-state index in [1.54, 1.807) is 0 Å². The van der Waals surface area contributed by atoms with E-state index in [1.807, 2.05) is 0 Å². The molecule has 0 amide bonds. The second-order valence-corrected chi connectivity index (χ2v) is 13.5. The number of rotatable bonds is 8. The fourth-order valence-electron chi connectivity index (χ4n) is 3.12. The van der Waals surface area contributed by atoms with Crippen molar-refractivity contribution in [3.05, 3.63) is 0 Å². The molecule has 32 heavy (non-hydrogen) atoms. The molecular formula is C12H24N4O12P4-8. The molecule has 0 saturated carbocycles. The van der Waals surface area contributed by atoms with E-state index in [4.69, 9.17) is 0 Å². The van der Waals surface area contributed by atoms with Crippen LogP contribution in [0.4, 0.5) is 0 Å². The summed E-state index contributed by atoms with van der Waals surface area (Å²) in [5.41, 5.74) is 0. The molecular weight excluding hydrogens is 516 g/mol. The molecule has 0 aliphatic carbocycles. The maximum atomic E-state index is 11.2. The Kier molecular flexibility index (Phi) is 11.8. The summed E-state index contributed by atoms with van der Waals surface area (Å²) in [4.78, 5) is 94.0. The Bertz CT molecular complexity index is 634. The normalized spacial score (nSPS) is 21.2. The third-order valence-electron chi connectivity index (χ3n) is 4.42. The van der Waals surface area contributed by atoms with Crippen LogP contribution in [0.5, 0.6) is 0 Å². The molecule has 0 radical (unpaired) electrons. The molecule has 0 aromatic carbocycles. The van der Waals surface area contributed by atoms with E-state index in [0.717, 1.165) is 19.6 Å². The van der Waals surface area contributed by atoms with Crippen molar-refractivity contribution in [1.29, 1.82) is 0 Å². The van der Waals surface area contributed by atoms with Gasteiger partial charge in [-0.3, -0.25) is 19.6 Å². The molecule has 0 aromatic heterocycles. The number of hydrogen-bond donors (Lipinski definition) is 0. The Hall–Kier alpha value is 0.440. The zero-order valence-electron chi connectivity index (χ0n) is 17.0. The molecule has 0 aromatic rings. The molecule has 20 heteroatoms. The number of nitrogens with zero attached hydrogens (tertiary/aromatic N) is 4. The SMILES string of the molecule is O=P([O-])([O-])CN1CCN(CP(=O)([O-])[O-])CCN(CP(=O)([O-])[O-])CCN(CP(=O)([O-])[O-])CC1. The molecule has 1 aliphatic rings. The van der Waals surface area contributed by atoms with E-state index >= 15 is 0 Å². The molecule has 1 fully saturated rings. The Morgan fingerprint density at radius 3 is 0.594 bits per heavy atom. The molecule has 1 aliphatic heterocycles. The summed E-state index contributed by atoms with van der Waals surface area (Å²) in [6, 6.07) is 0. The van der Waals surface area contributed by atoms with Crippen LogP contribution in [0.15, 0.2) is 0 Å². The summed E-state index contributed by atoms with van der Waals surface area (Å²) in [6.07, 6.45) is -3.80. The molecule has 0 unspecified atom stereocenters. The lowest BCUT2D eigenvalue weighted by molar-refractivity contribution is -0.318. The minimum atomic E-state index is -5.04. The van der Waals surface area contributed by atoms with Crippen LogP contribution in [0.1, 0.15) is 0 Å². The van der Waals surface area contributed by atoms with Gasteiger partial charge in [0.25, 0.3) is 0 Å². The minimum Gasteiger partial charge on any atom is -0.810 e. The lowest BCUT2D eigenvalue weighted by Gasteiger charge is -2.43. The van der Waals surface area contributed by atoms with Gasteiger partial charge in [0, 0.05) is 77.5 Å². The quantitative estimate of drug-likeness (QED) is 0.259. The van der Waals surface area contributed by atoms with E-state index in [1.165, 1.54) is 0 Å². The van der Waals surface area contributed by atoms with Gasteiger partial charge in [-0.15, -0.1) is 0 Å². The van der Waals surface area contributed by atoms with E-state index in [-0.39, 0.29) is 52.4 Å². The van der Waals surface area contributed by atoms with Gasteiger partial charge in [0.2, 0.25) is 0 Å².